The molecule has 0 spiro atoms. The highest BCUT2D eigenvalue weighted by molar-refractivity contribution is 9.10. The van der Waals surface area contributed by atoms with Gasteiger partial charge in [0, 0.05) is 39.3 Å². The largest absolute Gasteiger partial charge is 0.334 e. The van der Waals surface area contributed by atoms with E-state index in [1.807, 2.05) is 18.2 Å². The first-order valence-corrected chi connectivity index (χ1v) is 9.94. The van der Waals surface area contributed by atoms with E-state index in [1.54, 1.807) is 23.7 Å². The van der Waals surface area contributed by atoms with Crippen molar-refractivity contribution < 1.29 is 4.52 Å². The zero-order valence-electron chi connectivity index (χ0n) is 13.6. The highest BCUT2D eigenvalue weighted by atomic mass is 79.9. The Balaban J connectivity index is 1.47. The van der Waals surface area contributed by atoms with Crippen LogP contribution in [0.4, 0.5) is 0 Å². The van der Waals surface area contributed by atoms with Crippen molar-refractivity contribution >= 4 is 27.3 Å². The molecule has 0 unspecified atom stereocenters. The van der Waals surface area contributed by atoms with Crippen LogP contribution in [0.25, 0.3) is 34.1 Å². The molecule has 1 fully saturated rings. The van der Waals surface area contributed by atoms with E-state index in [4.69, 9.17) is 9.51 Å². The second-order valence-corrected chi connectivity index (χ2v) is 8.05. The molecule has 0 saturated heterocycles. The van der Waals surface area contributed by atoms with Crippen LogP contribution in [0, 0.1) is 0 Å². The average Bonchev–Trinajstić information content (AvgIpc) is 3.20. The smallest absolute Gasteiger partial charge is 0.259 e. The highest BCUT2D eigenvalue weighted by Gasteiger charge is 2.26. The molecule has 0 atom stereocenters. The lowest BCUT2D eigenvalue weighted by molar-refractivity contribution is 0.432. The molecule has 0 amide bonds. The SMILES string of the molecule is Brc1cncc(-c2nc(-c3cccc(-c4csc(C5CC5)n4)c3)no2)c1. The topological polar surface area (TPSA) is 64.7 Å². The molecule has 4 aromatic rings. The summed E-state index contributed by atoms with van der Waals surface area (Å²) in [5.74, 6) is 1.68. The highest BCUT2D eigenvalue weighted by Crippen LogP contribution is 2.42. The van der Waals surface area contributed by atoms with E-state index in [0.717, 1.165) is 26.9 Å². The normalized spacial score (nSPS) is 13.9. The van der Waals surface area contributed by atoms with Gasteiger partial charge in [-0.25, -0.2) is 4.98 Å². The van der Waals surface area contributed by atoms with Gasteiger partial charge in [0.1, 0.15) is 0 Å². The summed E-state index contributed by atoms with van der Waals surface area (Å²) in [5, 5.41) is 7.50. The summed E-state index contributed by atoms with van der Waals surface area (Å²) in [6.45, 7) is 0. The zero-order valence-corrected chi connectivity index (χ0v) is 16.0. The van der Waals surface area contributed by atoms with E-state index < -0.39 is 0 Å². The van der Waals surface area contributed by atoms with E-state index in [2.05, 4.69) is 48.6 Å². The van der Waals surface area contributed by atoms with E-state index in [-0.39, 0.29) is 0 Å². The van der Waals surface area contributed by atoms with Crippen molar-refractivity contribution in [2.45, 2.75) is 18.8 Å². The number of benzene rings is 1. The van der Waals surface area contributed by atoms with Crippen molar-refractivity contribution in [1.82, 2.24) is 20.1 Å². The Hall–Kier alpha value is -2.38. The fraction of sp³-hybridized carbons (Fsp3) is 0.158. The zero-order chi connectivity index (χ0) is 17.5. The first kappa shape index (κ1) is 15.8. The van der Waals surface area contributed by atoms with Gasteiger partial charge in [-0.05, 0) is 40.9 Å². The van der Waals surface area contributed by atoms with E-state index in [9.17, 15) is 0 Å². The molecule has 7 heteroatoms. The van der Waals surface area contributed by atoms with Crippen LogP contribution in [0.3, 0.4) is 0 Å². The summed E-state index contributed by atoms with van der Waals surface area (Å²) in [6, 6.07) is 9.99. The first-order valence-electron chi connectivity index (χ1n) is 8.27. The molecule has 1 aliphatic carbocycles. The Morgan fingerprint density at radius 2 is 1.92 bits per heavy atom. The third kappa shape index (κ3) is 3.08. The van der Waals surface area contributed by atoms with Crippen molar-refractivity contribution in [3.05, 3.63) is 57.6 Å². The van der Waals surface area contributed by atoms with Gasteiger partial charge in [-0.2, -0.15) is 4.98 Å². The molecule has 5 nitrogen and oxygen atoms in total. The van der Waals surface area contributed by atoms with Gasteiger partial charge in [-0.15, -0.1) is 11.3 Å². The lowest BCUT2D eigenvalue weighted by Gasteiger charge is -1.99. The van der Waals surface area contributed by atoms with Crippen LogP contribution in [-0.2, 0) is 0 Å². The fourth-order valence-electron chi connectivity index (χ4n) is 2.74. The number of rotatable bonds is 4. The molecular formula is C19H13BrN4OS. The van der Waals surface area contributed by atoms with Gasteiger partial charge in [0.15, 0.2) is 0 Å². The van der Waals surface area contributed by atoms with Crippen molar-refractivity contribution in [3.8, 4) is 34.1 Å². The summed E-state index contributed by atoms with van der Waals surface area (Å²) in [7, 11) is 0. The predicted molar refractivity (Wildman–Crippen MR) is 104 cm³/mol. The standard InChI is InChI=1S/C19H13BrN4OS/c20-15-7-14(8-21-9-15)18-23-17(24-25-18)13-3-1-2-12(6-13)16-10-26-19(22-16)11-4-5-11/h1-3,6-11H,4-5H2. The summed E-state index contributed by atoms with van der Waals surface area (Å²) >= 11 is 5.15. The number of hydrogen-bond donors (Lipinski definition) is 0. The van der Waals surface area contributed by atoms with E-state index in [0.29, 0.717) is 17.6 Å². The Kier molecular flexibility index (Phi) is 3.90. The van der Waals surface area contributed by atoms with Gasteiger partial charge in [-0.1, -0.05) is 23.4 Å². The van der Waals surface area contributed by atoms with Crippen LogP contribution < -0.4 is 0 Å². The Morgan fingerprint density at radius 1 is 1.04 bits per heavy atom. The predicted octanol–water partition coefficient (Wildman–Crippen LogP) is 5.56. The minimum atomic E-state index is 0.448. The number of hydrogen-bond acceptors (Lipinski definition) is 6. The summed E-state index contributed by atoms with van der Waals surface area (Å²) in [5.41, 5.74) is 3.77. The third-order valence-corrected chi connectivity index (χ3v) is 5.68. The van der Waals surface area contributed by atoms with Crippen molar-refractivity contribution in [2.24, 2.45) is 0 Å². The molecule has 128 valence electrons. The van der Waals surface area contributed by atoms with Crippen molar-refractivity contribution in [3.63, 3.8) is 0 Å². The van der Waals surface area contributed by atoms with E-state index >= 15 is 0 Å². The second kappa shape index (κ2) is 6.41. The van der Waals surface area contributed by atoms with Crippen LogP contribution in [0.1, 0.15) is 23.8 Å². The van der Waals surface area contributed by atoms with Gasteiger partial charge < -0.3 is 4.52 Å². The fourth-order valence-corrected chi connectivity index (χ4v) is 4.11. The molecule has 1 aromatic carbocycles. The summed E-state index contributed by atoms with van der Waals surface area (Å²) < 4.78 is 6.28. The minimum absolute atomic E-state index is 0.448. The molecule has 0 radical (unpaired) electrons. The Labute approximate surface area is 162 Å². The van der Waals surface area contributed by atoms with Crippen LogP contribution in [0.5, 0.6) is 0 Å². The maximum Gasteiger partial charge on any atom is 0.259 e. The van der Waals surface area contributed by atoms with Gasteiger partial charge in [-0.3, -0.25) is 4.98 Å². The van der Waals surface area contributed by atoms with Gasteiger partial charge in [0.25, 0.3) is 5.89 Å². The third-order valence-electron chi connectivity index (χ3n) is 4.24. The van der Waals surface area contributed by atoms with E-state index in [1.165, 1.54) is 17.8 Å². The quantitative estimate of drug-likeness (QED) is 0.428. The molecule has 26 heavy (non-hydrogen) atoms. The second-order valence-electron chi connectivity index (χ2n) is 6.24. The molecule has 1 aliphatic rings. The monoisotopic (exact) mass is 424 g/mol. The first-order chi connectivity index (χ1) is 12.8. The lowest BCUT2D eigenvalue weighted by Crippen LogP contribution is -1.85. The maximum atomic E-state index is 5.41. The van der Waals surface area contributed by atoms with Crippen LogP contribution in [-0.4, -0.2) is 20.1 Å². The van der Waals surface area contributed by atoms with Crippen LogP contribution >= 0.6 is 27.3 Å². The molecule has 5 rings (SSSR count). The average molecular weight is 425 g/mol. The number of halogens is 1. The number of nitrogens with zero attached hydrogens (tertiary/aromatic N) is 4. The number of aromatic nitrogens is 4. The molecule has 1 saturated carbocycles. The maximum absolute atomic E-state index is 5.41. The Bertz CT molecular complexity index is 1090. The molecule has 0 aliphatic heterocycles. The summed E-state index contributed by atoms with van der Waals surface area (Å²) in [4.78, 5) is 13.4. The number of pyridine rings is 1. The van der Waals surface area contributed by atoms with Gasteiger partial charge >= 0.3 is 0 Å². The van der Waals surface area contributed by atoms with Gasteiger partial charge in [0.2, 0.25) is 5.82 Å². The molecule has 3 aromatic heterocycles. The summed E-state index contributed by atoms with van der Waals surface area (Å²) in [6.07, 6.45) is 5.95. The lowest BCUT2D eigenvalue weighted by atomic mass is 10.1. The minimum Gasteiger partial charge on any atom is -0.334 e. The Morgan fingerprint density at radius 3 is 2.77 bits per heavy atom. The van der Waals surface area contributed by atoms with Crippen molar-refractivity contribution in [1.29, 1.82) is 0 Å². The number of thiazole rings is 1. The molecule has 0 bridgehead atoms. The van der Waals surface area contributed by atoms with Crippen LogP contribution in [0.2, 0.25) is 0 Å². The van der Waals surface area contributed by atoms with Crippen molar-refractivity contribution in [2.75, 3.05) is 0 Å². The van der Waals surface area contributed by atoms with Crippen LogP contribution in [0.15, 0.2) is 57.1 Å². The molecule has 0 N–H and O–H groups in total. The molecular weight excluding hydrogens is 412 g/mol. The molecule has 3 heterocycles. The van der Waals surface area contributed by atoms with Gasteiger partial charge in [0.05, 0.1) is 16.3 Å².